The molecule has 1 aromatic carbocycles. The van der Waals surface area contributed by atoms with Gasteiger partial charge in [0, 0.05) is 36.7 Å². The van der Waals surface area contributed by atoms with Crippen molar-refractivity contribution in [1.82, 2.24) is 23.8 Å². The van der Waals surface area contributed by atoms with Crippen LogP contribution in [0.5, 0.6) is 0 Å². The van der Waals surface area contributed by atoms with Gasteiger partial charge in [-0.2, -0.15) is 0 Å². The van der Waals surface area contributed by atoms with E-state index in [0.29, 0.717) is 41.4 Å². The number of nitrogens with zero attached hydrogens (tertiary/aromatic N) is 5. The summed E-state index contributed by atoms with van der Waals surface area (Å²) in [4.78, 5) is 36.6. The highest BCUT2D eigenvalue weighted by atomic mass is 35.5. The van der Waals surface area contributed by atoms with E-state index in [2.05, 4.69) is 9.97 Å². The van der Waals surface area contributed by atoms with E-state index < -0.39 is 17.7 Å². The molecule has 8 nitrogen and oxygen atoms in total. The molecular weight excluding hydrogens is 466 g/mol. The smallest absolute Gasteiger partial charge is 0.295 e. The predicted molar refractivity (Wildman–Crippen MR) is 132 cm³/mol. The number of aryl methyl sites for hydroxylation is 3. The van der Waals surface area contributed by atoms with Crippen molar-refractivity contribution in [3.63, 3.8) is 0 Å². The molecule has 0 aliphatic carbocycles. The summed E-state index contributed by atoms with van der Waals surface area (Å²) in [5, 5.41) is 11.9. The van der Waals surface area contributed by atoms with Gasteiger partial charge in [0.2, 0.25) is 0 Å². The number of aliphatic hydroxyl groups is 1. The number of halogens is 1. The second kappa shape index (κ2) is 9.03. The number of ketones is 1. The minimum absolute atomic E-state index is 0.0176. The molecule has 178 valence electrons. The third-order valence-electron chi connectivity index (χ3n) is 6.39. The van der Waals surface area contributed by atoms with Gasteiger partial charge in [0.15, 0.2) is 5.76 Å². The first-order chi connectivity index (χ1) is 16.9. The summed E-state index contributed by atoms with van der Waals surface area (Å²) >= 11 is 6.26. The lowest BCUT2D eigenvalue weighted by Crippen LogP contribution is -2.31. The summed E-state index contributed by atoms with van der Waals surface area (Å²) < 4.78 is 3.77. The lowest BCUT2D eigenvalue weighted by Gasteiger charge is -2.25. The number of hydrogen-bond donors (Lipinski definition) is 1. The molecule has 1 N–H and O–H groups in total. The van der Waals surface area contributed by atoms with E-state index >= 15 is 0 Å². The first-order valence-electron chi connectivity index (χ1n) is 11.3. The summed E-state index contributed by atoms with van der Waals surface area (Å²) in [5.41, 5.74) is 3.24. The van der Waals surface area contributed by atoms with E-state index in [1.165, 1.54) is 4.90 Å². The standard InChI is InChI=1S/C26H24ClN5O3/c1-16-6-4-11-31-17(2)21(29-25(16)31)23(33)20-22(18-7-3-8-19(27)14-18)32(26(35)24(20)34)12-5-10-30-13-9-28-15-30/h3-4,6-9,11,13-15,22,33H,5,10,12H2,1-2H3. The van der Waals surface area contributed by atoms with Gasteiger partial charge in [0.25, 0.3) is 11.7 Å². The molecule has 9 heteroatoms. The zero-order valence-corrected chi connectivity index (χ0v) is 20.1. The highest BCUT2D eigenvalue weighted by Crippen LogP contribution is 2.40. The van der Waals surface area contributed by atoms with Gasteiger partial charge in [-0.3, -0.25) is 9.59 Å². The lowest BCUT2D eigenvalue weighted by molar-refractivity contribution is -0.139. The summed E-state index contributed by atoms with van der Waals surface area (Å²) in [5.74, 6) is -1.67. The van der Waals surface area contributed by atoms with Crippen LogP contribution < -0.4 is 0 Å². The number of aromatic nitrogens is 4. The van der Waals surface area contributed by atoms with Crippen LogP contribution in [0.2, 0.25) is 5.02 Å². The van der Waals surface area contributed by atoms with Gasteiger partial charge in [0.1, 0.15) is 11.3 Å². The third kappa shape index (κ3) is 4.00. The fraction of sp³-hybridized carbons (Fsp3) is 0.231. The average Bonchev–Trinajstić information content (AvgIpc) is 3.54. The van der Waals surface area contributed by atoms with E-state index in [9.17, 15) is 14.7 Å². The minimum atomic E-state index is -0.776. The van der Waals surface area contributed by atoms with Crippen LogP contribution >= 0.6 is 11.6 Å². The number of rotatable bonds is 6. The van der Waals surface area contributed by atoms with Gasteiger partial charge in [-0.25, -0.2) is 9.97 Å². The SMILES string of the molecule is Cc1cccn2c(C)c(C(O)=C3C(=O)C(=O)N(CCCn4ccnc4)C3c3cccc(Cl)c3)nc12. The maximum Gasteiger partial charge on any atom is 0.295 e. The number of imidazole rings is 2. The molecule has 3 aromatic heterocycles. The van der Waals surface area contributed by atoms with Gasteiger partial charge in [-0.15, -0.1) is 0 Å². The number of aliphatic hydroxyl groups excluding tert-OH is 1. The van der Waals surface area contributed by atoms with Crippen LogP contribution in [0.25, 0.3) is 11.4 Å². The Morgan fingerprint density at radius 3 is 2.66 bits per heavy atom. The summed E-state index contributed by atoms with van der Waals surface area (Å²) in [6.45, 7) is 4.71. The van der Waals surface area contributed by atoms with Gasteiger partial charge < -0.3 is 19.0 Å². The summed E-state index contributed by atoms with van der Waals surface area (Å²) in [7, 11) is 0. The highest BCUT2D eigenvalue weighted by Gasteiger charge is 2.46. The van der Waals surface area contributed by atoms with Gasteiger partial charge in [-0.05, 0) is 49.6 Å². The van der Waals surface area contributed by atoms with Crippen molar-refractivity contribution in [3.8, 4) is 0 Å². The molecule has 35 heavy (non-hydrogen) atoms. The van der Waals surface area contributed by atoms with Crippen molar-refractivity contribution in [1.29, 1.82) is 0 Å². The number of hydrogen-bond acceptors (Lipinski definition) is 5. The van der Waals surface area contributed by atoms with E-state index in [0.717, 1.165) is 5.56 Å². The number of benzene rings is 1. The van der Waals surface area contributed by atoms with Crippen LogP contribution in [0.4, 0.5) is 0 Å². The molecule has 1 unspecified atom stereocenters. The minimum Gasteiger partial charge on any atom is -0.505 e. The fourth-order valence-corrected chi connectivity index (χ4v) is 4.85. The monoisotopic (exact) mass is 489 g/mol. The second-order valence-electron chi connectivity index (χ2n) is 8.63. The number of amides is 1. The first-order valence-corrected chi connectivity index (χ1v) is 11.7. The van der Waals surface area contributed by atoms with Crippen LogP contribution in [0, 0.1) is 13.8 Å². The van der Waals surface area contributed by atoms with Crippen LogP contribution in [0.3, 0.4) is 0 Å². The molecule has 0 saturated carbocycles. The van der Waals surface area contributed by atoms with Crippen molar-refractivity contribution >= 4 is 34.7 Å². The number of pyridine rings is 1. The molecule has 1 aliphatic heterocycles. The topological polar surface area (TPSA) is 92.7 Å². The Morgan fingerprint density at radius 2 is 1.94 bits per heavy atom. The Kier molecular flexibility index (Phi) is 5.90. The average molecular weight is 490 g/mol. The molecule has 4 aromatic rings. The van der Waals surface area contributed by atoms with Crippen molar-refractivity contribution in [2.75, 3.05) is 6.54 Å². The molecule has 4 heterocycles. The maximum atomic E-state index is 13.3. The van der Waals surface area contributed by atoms with E-state index in [1.807, 2.05) is 47.3 Å². The Labute approximate surface area is 207 Å². The van der Waals surface area contributed by atoms with Gasteiger partial charge in [0.05, 0.1) is 23.6 Å². The molecule has 1 aliphatic rings. The highest BCUT2D eigenvalue weighted by molar-refractivity contribution is 6.46. The molecule has 0 spiro atoms. The normalized spacial score (nSPS) is 17.6. The molecule has 1 saturated heterocycles. The van der Waals surface area contributed by atoms with Crippen LogP contribution in [0.1, 0.15) is 35.0 Å². The van der Waals surface area contributed by atoms with Crippen molar-refractivity contribution in [2.24, 2.45) is 0 Å². The number of carbonyl (C=O) groups excluding carboxylic acids is 2. The number of likely N-dealkylation sites (tertiary alicyclic amines) is 1. The maximum absolute atomic E-state index is 13.3. The Bertz CT molecular complexity index is 1470. The number of fused-ring (bicyclic) bond motifs is 1. The number of carbonyl (C=O) groups is 2. The Hall–Kier alpha value is -3.91. The van der Waals surface area contributed by atoms with Crippen molar-refractivity contribution in [2.45, 2.75) is 32.9 Å². The Balaban J connectivity index is 1.61. The van der Waals surface area contributed by atoms with Crippen molar-refractivity contribution in [3.05, 3.63) is 94.4 Å². The molecule has 5 rings (SSSR count). The Morgan fingerprint density at radius 1 is 1.11 bits per heavy atom. The lowest BCUT2D eigenvalue weighted by atomic mass is 9.96. The zero-order valence-electron chi connectivity index (χ0n) is 19.3. The van der Waals surface area contributed by atoms with Gasteiger partial charge in [-0.1, -0.05) is 29.8 Å². The van der Waals surface area contributed by atoms with Crippen LogP contribution in [-0.4, -0.2) is 47.2 Å². The number of Topliss-reactive ketones (excluding diaryl/α,β-unsaturated/α-hetero) is 1. The largest absolute Gasteiger partial charge is 0.505 e. The summed E-state index contributed by atoms with van der Waals surface area (Å²) in [6.07, 6.45) is 7.70. The van der Waals surface area contributed by atoms with Crippen LogP contribution in [0.15, 0.2) is 66.9 Å². The molecule has 1 atom stereocenters. The third-order valence-corrected chi connectivity index (χ3v) is 6.62. The first kappa shape index (κ1) is 22.9. The quantitative estimate of drug-likeness (QED) is 0.247. The molecule has 1 amide bonds. The molecule has 0 radical (unpaired) electrons. The zero-order chi connectivity index (χ0) is 24.7. The molecule has 1 fully saturated rings. The predicted octanol–water partition coefficient (Wildman–Crippen LogP) is 4.31. The van der Waals surface area contributed by atoms with E-state index in [-0.39, 0.29) is 17.0 Å². The van der Waals surface area contributed by atoms with Gasteiger partial charge >= 0.3 is 0 Å². The summed E-state index contributed by atoms with van der Waals surface area (Å²) in [6, 6.07) is 10.1. The van der Waals surface area contributed by atoms with E-state index in [1.54, 1.807) is 36.8 Å². The van der Waals surface area contributed by atoms with Crippen molar-refractivity contribution < 1.29 is 14.7 Å². The second-order valence-corrected chi connectivity index (χ2v) is 9.07. The molecular formula is C26H24ClN5O3. The molecule has 0 bridgehead atoms. The fourth-order valence-electron chi connectivity index (χ4n) is 4.65. The van der Waals surface area contributed by atoms with Crippen LogP contribution in [-0.2, 0) is 16.1 Å². The van der Waals surface area contributed by atoms with E-state index in [4.69, 9.17) is 11.6 Å².